The first-order valence-electron chi connectivity index (χ1n) is 5.30. The van der Waals surface area contributed by atoms with Gasteiger partial charge in [0.15, 0.2) is 16.2 Å². The maximum Gasteiger partial charge on any atom is 0.260 e. The van der Waals surface area contributed by atoms with Crippen LogP contribution >= 0.6 is 15.9 Å². The van der Waals surface area contributed by atoms with Gasteiger partial charge in [0.25, 0.3) is 10.0 Å². The minimum absolute atomic E-state index is 0.0674. The topological polar surface area (TPSA) is 76.9 Å². The Balaban J connectivity index is 2.19. The average Bonchev–Trinajstić information content (AvgIpc) is 2.71. The van der Waals surface area contributed by atoms with Crippen LogP contribution in [0.5, 0.6) is 0 Å². The fourth-order valence-corrected chi connectivity index (χ4v) is 3.61. The molecule has 0 unspecified atom stereocenters. The molecule has 0 aliphatic rings. The maximum absolute atomic E-state index is 13.0. The molecule has 1 aromatic heterocycles. The van der Waals surface area contributed by atoms with Crippen molar-refractivity contribution >= 4 is 26.0 Å². The molecule has 1 N–H and O–H groups in total. The Morgan fingerprint density at radius 2 is 2.05 bits per heavy atom. The van der Waals surface area contributed by atoms with Crippen LogP contribution in [0.3, 0.4) is 0 Å². The molecule has 0 bridgehead atoms. The number of aromatic nitrogens is 3. The lowest BCUT2D eigenvalue weighted by atomic mass is 10.2. The van der Waals surface area contributed by atoms with E-state index in [9.17, 15) is 17.2 Å². The van der Waals surface area contributed by atoms with Crippen LogP contribution in [-0.2, 0) is 23.6 Å². The monoisotopic (exact) mass is 366 g/mol. The Bertz CT molecular complexity index is 728. The molecule has 108 valence electrons. The van der Waals surface area contributed by atoms with Crippen molar-refractivity contribution in [2.75, 3.05) is 0 Å². The van der Waals surface area contributed by atoms with E-state index in [0.717, 1.165) is 16.8 Å². The summed E-state index contributed by atoms with van der Waals surface area (Å²) in [5.74, 6) is -2.03. The molecule has 0 saturated carbocycles. The summed E-state index contributed by atoms with van der Waals surface area (Å²) in [5.41, 5.74) is 0.290. The number of sulfonamides is 1. The SMILES string of the molecule is Cn1nnc(Br)c1S(=O)(=O)NCc1ccc(F)c(F)c1. The Hall–Kier alpha value is -1.39. The molecule has 0 radical (unpaired) electrons. The van der Waals surface area contributed by atoms with Crippen LogP contribution in [0.2, 0.25) is 0 Å². The predicted octanol–water partition coefficient (Wildman–Crippen LogP) is 1.33. The molecule has 20 heavy (non-hydrogen) atoms. The van der Waals surface area contributed by atoms with Crippen molar-refractivity contribution in [1.82, 2.24) is 19.7 Å². The number of halogens is 3. The lowest BCUT2D eigenvalue weighted by Gasteiger charge is -2.07. The first-order chi connectivity index (χ1) is 9.31. The van der Waals surface area contributed by atoms with Crippen molar-refractivity contribution < 1.29 is 17.2 Å². The summed E-state index contributed by atoms with van der Waals surface area (Å²) in [7, 11) is -2.45. The van der Waals surface area contributed by atoms with Gasteiger partial charge in [-0.2, -0.15) is 0 Å². The van der Waals surface area contributed by atoms with E-state index >= 15 is 0 Å². The van der Waals surface area contributed by atoms with Gasteiger partial charge in [0.1, 0.15) is 0 Å². The van der Waals surface area contributed by atoms with Gasteiger partial charge in [-0.15, -0.1) is 5.10 Å². The van der Waals surface area contributed by atoms with Crippen molar-refractivity contribution in [3.05, 3.63) is 40.0 Å². The van der Waals surface area contributed by atoms with E-state index in [1.165, 1.54) is 13.1 Å². The summed E-state index contributed by atoms with van der Waals surface area (Å²) in [6.45, 7) is -0.183. The number of aryl methyl sites for hydroxylation is 1. The highest BCUT2D eigenvalue weighted by Crippen LogP contribution is 2.18. The second kappa shape index (κ2) is 5.54. The standard InChI is InChI=1S/C10H9BrF2N4O2S/c1-17-10(9(11)15-16-17)20(18,19)14-5-6-2-3-7(12)8(13)4-6/h2-4,14H,5H2,1H3. The van der Waals surface area contributed by atoms with Crippen LogP contribution in [-0.4, -0.2) is 23.4 Å². The van der Waals surface area contributed by atoms with Crippen molar-refractivity contribution in [3.63, 3.8) is 0 Å². The largest absolute Gasteiger partial charge is 0.260 e. The highest BCUT2D eigenvalue weighted by atomic mass is 79.9. The summed E-state index contributed by atoms with van der Waals surface area (Å²) >= 11 is 2.98. The van der Waals surface area contributed by atoms with Gasteiger partial charge < -0.3 is 0 Å². The number of rotatable bonds is 4. The molecule has 6 nitrogen and oxygen atoms in total. The molecule has 1 aromatic carbocycles. The predicted molar refractivity (Wildman–Crippen MR) is 69.1 cm³/mol. The molecule has 0 aliphatic carbocycles. The number of benzene rings is 1. The van der Waals surface area contributed by atoms with E-state index in [2.05, 4.69) is 31.0 Å². The lowest BCUT2D eigenvalue weighted by Crippen LogP contribution is -2.25. The summed E-state index contributed by atoms with van der Waals surface area (Å²) < 4.78 is 53.3. The molecule has 0 saturated heterocycles. The smallest absolute Gasteiger partial charge is 0.235 e. The molecule has 1 heterocycles. The van der Waals surface area contributed by atoms with E-state index in [1.54, 1.807) is 0 Å². The second-order valence-electron chi connectivity index (χ2n) is 3.88. The zero-order valence-electron chi connectivity index (χ0n) is 10.1. The summed E-state index contributed by atoms with van der Waals surface area (Å²) in [5, 5.41) is 6.97. The second-order valence-corrected chi connectivity index (χ2v) is 6.32. The van der Waals surface area contributed by atoms with Crippen LogP contribution in [0.4, 0.5) is 8.78 Å². The van der Waals surface area contributed by atoms with Gasteiger partial charge in [-0.3, -0.25) is 0 Å². The molecule has 2 rings (SSSR count). The van der Waals surface area contributed by atoms with Crippen molar-refractivity contribution in [2.45, 2.75) is 11.6 Å². The van der Waals surface area contributed by atoms with Gasteiger partial charge >= 0.3 is 0 Å². The lowest BCUT2D eigenvalue weighted by molar-refractivity contribution is 0.506. The molecule has 0 fully saturated rings. The zero-order valence-corrected chi connectivity index (χ0v) is 12.5. The highest BCUT2D eigenvalue weighted by Gasteiger charge is 2.23. The van der Waals surface area contributed by atoms with Crippen LogP contribution in [0.25, 0.3) is 0 Å². The van der Waals surface area contributed by atoms with Gasteiger partial charge in [-0.1, -0.05) is 11.3 Å². The average molecular weight is 367 g/mol. The van der Waals surface area contributed by atoms with Gasteiger partial charge in [-0.25, -0.2) is 26.6 Å². The maximum atomic E-state index is 13.0. The van der Waals surface area contributed by atoms with Gasteiger partial charge in [0, 0.05) is 13.6 Å². The van der Waals surface area contributed by atoms with Crippen LogP contribution in [0, 0.1) is 11.6 Å². The van der Waals surface area contributed by atoms with Crippen molar-refractivity contribution in [3.8, 4) is 0 Å². The quantitative estimate of drug-likeness (QED) is 0.885. The molecule has 2 aromatic rings. The number of nitrogens with zero attached hydrogens (tertiary/aromatic N) is 3. The Morgan fingerprint density at radius 1 is 1.35 bits per heavy atom. The van der Waals surface area contributed by atoms with E-state index < -0.39 is 21.7 Å². The first-order valence-corrected chi connectivity index (χ1v) is 7.57. The van der Waals surface area contributed by atoms with Crippen LogP contribution in [0.15, 0.2) is 27.8 Å². The molecule has 0 aliphatic heterocycles. The minimum Gasteiger partial charge on any atom is -0.235 e. The molecular formula is C10H9BrF2N4O2S. The number of nitrogens with one attached hydrogen (secondary N) is 1. The fourth-order valence-electron chi connectivity index (χ4n) is 1.50. The van der Waals surface area contributed by atoms with Crippen molar-refractivity contribution in [2.24, 2.45) is 7.05 Å². The van der Waals surface area contributed by atoms with Gasteiger partial charge in [0.2, 0.25) is 5.03 Å². The minimum atomic E-state index is -3.87. The third-order valence-electron chi connectivity index (χ3n) is 2.44. The summed E-state index contributed by atoms with van der Waals surface area (Å²) in [6.07, 6.45) is 0. The molecule has 10 heteroatoms. The Morgan fingerprint density at radius 3 is 2.60 bits per heavy atom. The molecule has 0 atom stereocenters. The van der Waals surface area contributed by atoms with E-state index in [-0.39, 0.29) is 16.2 Å². The van der Waals surface area contributed by atoms with Gasteiger partial charge in [0.05, 0.1) is 0 Å². The Labute approximate surface area is 122 Å². The normalized spacial score (nSPS) is 11.8. The third kappa shape index (κ3) is 3.02. The van der Waals surface area contributed by atoms with Crippen LogP contribution < -0.4 is 4.72 Å². The van der Waals surface area contributed by atoms with Crippen LogP contribution in [0.1, 0.15) is 5.56 Å². The Kier molecular flexibility index (Phi) is 4.16. The fraction of sp³-hybridized carbons (Fsp3) is 0.200. The van der Waals surface area contributed by atoms with Gasteiger partial charge in [-0.05, 0) is 33.6 Å². The highest BCUT2D eigenvalue weighted by molar-refractivity contribution is 9.10. The summed E-state index contributed by atoms with van der Waals surface area (Å²) in [4.78, 5) is 0. The third-order valence-corrected chi connectivity index (χ3v) is 4.73. The molecule has 0 amide bonds. The first kappa shape index (κ1) is 15.0. The molecular weight excluding hydrogens is 358 g/mol. The van der Waals surface area contributed by atoms with Crippen molar-refractivity contribution in [1.29, 1.82) is 0 Å². The van der Waals surface area contributed by atoms with E-state index in [0.29, 0.717) is 5.56 Å². The number of hydrogen-bond acceptors (Lipinski definition) is 4. The zero-order chi connectivity index (χ0) is 14.9. The van der Waals surface area contributed by atoms with E-state index in [1.807, 2.05) is 0 Å². The van der Waals surface area contributed by atoms with E-state index in [4.69, 9.17) is 0 Å². The summed E-state index contributed by atoms with van der Waals surface area (Å²) in [6, 6.07) is 3.15. The number of hydrogen-bond donors (Lipinski definition) is 1. The molecule has 0 spiro atoms.